The molecule has 0 fully saturated rings. The molecule has 8 nitrogen and oxygen atoms in total. The molecule has 0 saturated heterocycles. The van der Waals surface area contributed by atoms with E-state index in [9.17, 15) is 19.2 Å². The predicted molar refractivity (Wildman–Crippen MR) is 68.0 cm³/mol. The van der Waals surface area contributed by atoms with Gasteiger partial charge < -0.3 is 19.9 Å². The minimum Gasteiger partial charge on any atom is -0.481 e. The van der Waals surface area contributed by atoms with Gasteiger partial charge in [0, 0.05) is 5.75 Å². The molecule has 112 valence electrons. The van der Waals surface area contributed by atoms with Crippen molar-refractivity contribution in [3.63, 3.8) is 0 Å². The van der Waals surface area contributed by atoms with Crippen molar-refractivity contribution < 1.29 is 39.1 Å². The Morgan fingerprint density at radius 2 is 1.21 bits per heavy atom. The Labute approximate surface area is 114 Å². The molecule has 0 amide bonds. The van der Waals surface area contributed by atoms with Crippen LogP contribution in [-0.2, 0) is 19.2 Å². The molecule has 0 unspecified atom stereocenters. The molecule has 19 heavy (non-hydrogen) atoms. The first-order valence-electron chi connectivity index (χ1n) is 4.97. The minimum atomic E-state index is -1.06. The van der Waals surface area contributed by atoms with E-state index in [0.29, 0.717) is 17.8 Å². The first kappa shape index (κ1) is 22.7. The number of rotatable bonds is 6. The second-order valence-electron chi connectivity index (χ2n) is 3.10. The number of carboxylic acids is 2. The Hall–Kier alpha value is -1.45. The summed E-state index contributed by atoms with van der Waals surface area (Å²) in [6, 6.07) is 0. The standard InChI is InChI=1S/2C4H6O3.C2H6O2S/c2*1-3(5)2-4(6)7;3-1-2-5-4/h2*2H2,1H3,(H,6,7);3-4H,1-2H2. The van der Waals surface area contributed by atoms with Crippen LogP contribution in [0.1, 0.15) is 26.7 Å². The lowest BCUT2D eigenvalue weighted by Gasteiger charge is -1.80. The summed E-state index contributed by atoms with van der Waals surface area (Å²) >= 11 is 0.652. The molecule has 0 aliphatic rings. The van der Waals surface area contributed by atoms with E-state index in [1.165, 1.54) is 13.8 Å². The van der Waals surface area contributed by atoms with Crippen LogP contribution >= 0.6 is 12.0 Å². The van der Waals surface area contributed by atoms with Crippen molar-refractivity contribution >= 4 is 35.5 Å². The Kier molecular flexibility index (Phi) is 19.8. The normalized spacial score (nSPS) is 8.21. The van der Waals surface area contributed by atoms with Crippen LogP contribution in [0.4, 0.5) is 0 Å². The highest BCUT2D eigenvalue weighted by Crippen LogP contribution is 1.84. The molecule has 4 N–H and O–H groups in total. The van der Waals surface area contributed by atoms with E-state index in [1.54, 1.807) is 0 Å². The van der Waals surface area contributed by atoms with E-state index >= 15 is 0 Å². The van der Waals surface area contributed by atoms with Crippen molar-refractivity contribution in [3.8, 4) is 0 Å². The number of ketones is 2. The number of aliphatic hydroxyl groups is 1. The molecule has 0 aliphatic heterocycles. The maximum absolute atomic E-state index is 9.87. The van der Waals surface area contributed by atoms with Gasteiger partial charge in [0.05, 0.1) is 6.61 Å². The molecular formula is C10H18O8S. The zero-order valence-corrected chi connectivity index (χ0v) is 11.5. The third kappa shape index (κ3) is 47.9. The second kappa shape index (κ2) is 16.6. The molecular weight excluding hydrogens is 280 g/mol. The van der Waals surface area contributed by atoms with Crippen molar-refractivity contribution in [3.05, 3.63) is 0 Å². The van der Waals surface area contributed by atoms with Crippen molar-refractivity contribution in [2.45, 2.75) is 26.7 Å². The lowest BCUT2D eigenvalue weighted by molar-refractivity contribution is -0.141. The molecule has 0 saturated carbocycles. The number of Topliss-reactive ketones (excluding diaryl/α,β-unsaturated/α-hetero) is 2. The van der Waals surface area contributed by atoms with Crippen LogP contribution in [0, 0.1) is 0 Å². The first-order chi connectivity index (χ1) is 8.67. The number of aliphatic hydroxyl groups excluding tert-OH is 1. The van der Waals surface area contributed by atoms with Gasteiger partial charge in [-0.15, -0.1) is 0 Å². The van der Waals surface area contributed by atoms with Crippen molar-refractivity contribution in [1.82, 2.24) is 0 Å². The molecule has 0 spiro atoms. The summed E-state index contributed by atoms with van der Waals surface area (Å²) in [5.74, 6) is -2.33. The lowest BCUT2D eigenvalue weighted by atomic mass is 10.3. The maximum Gasteiger partial charge on any atom is 0.310 e. The smallest absolute Gasteiger partial charge is 0.310 e. The lowest BCUT2D eigenvalue weighted by Crippen LogP contribution is -2.00. The van der Waals surface area contributed by atoms with Gasteiger partial charge in [0.15, 0.2) is 0 Å². The third-order valence-corrected chi connectivity index (χ3v) is 1.35. The fourth-order valence-electron chi connectivity index (χ4n) is 0.467. The average Bonchev–Trinajstić information content (AvgIpc) is 2.15. The van der Waals surface area contributed by atoms with Crippen LogP contribution in [0.3, 0.4) is 0 Å². The maximum atomic E-state index is 9.87. The van der Waals surface area contributed by atoms with Gasteiger partial charge in [0.1, 0.15) is 24.4 Å². The average molecular weight is 298 g/mol. The van der Waals surface area contributed by atoms with Crippen molar-refractivity contribution in [1.29, 1.82) is 0 Å². The summed E-state index contributed by atoms with van der Waals surface area (Å²) in [5.41, 5.74) is 0. The third-order valence-electron chi connectivity index (χ3n) is 0.983. The molecule has 0 atom stereocenters. The summed E-state index contributed by atoms with van der Waals surface area (Å²) in [6.07, 6.45) is -0.722. The molecule has 0 aromatic heterocycles. The highest BCUT2D eigenvalue weighted by molar-refractivity contribution is 7.93. The van der Waals surface area contributed by atoms with Crippen LogP contribution < -0.4 is 0 Å². The van der Waals surface area contributed by atoms with Crippen LogP contribution in [0.25, 0.3) is 0 Å². The predicted octanol–water partition coefficient (Wildman–Crippen LogP) is 0.285. The van der Waals surface area contributed by atoms with E-state index in [1.807, 2.05) is 0 Å². The van der Waals surface area contributed by atoms with Crippen LogP contribution in [0.15, 0.2) is 0 Å². The van der Waals surface area contributed by atoms with Gasteiger partial charge in [-0.3, -0.25) is 19.2 Å². The molecule has 0 aromatic rings. The van der Waals surface area contributed by atoms with Gasteiger partial charge in [-0.25, -0.2) is 0 Å². The number of hydrogen-bond donors (Lipinski definition) is 4. The van der Waals surface area contributed by atoms with Crippen LogP contribution in [0.2, 0.25) is 0 Å². The number of carbonyl (C=O) groups excluding carboxylic acids is 2. The first-order valence-corrected chi connectivity index (χ1v) is 5.91. The molecule has 9 heteroatoms. The van der Waals surface area contributed by atoms with Gasteiger partial charge >= 0.3 is 11.9 Å². The Morgan fingerprint density at radius 3 is 1.21 bits per heavy atom. The summed E-state index contributed by atoms with van der Waals surface area (Å²) in [6.45, 7) is 2.55. The zero-order valence-electron chi connectivity index (χ0n) is 10.7. The van der Waals surface area contributed by atoms with E-state index < -0.39 is 11.9 Å². The molecule has 0 aliphatic carbocycles. The summed E-state index contributed by atoms with van der Waals surface area (Å²) in [7, 11) is 0. The largest absolute Gasteiger partial charge is 0.481 e. The topological polar surface area (TPSA) is 149 Å². The fraction of sp³-hybridized carbons (Fsp3) is 0.600. The van der Waals surface area contributed by atoms with Gasteiger partial charge in [-0.2, -0.15) is 0 Å². The van der Waals surface area contributed by atoms with E-state index in [2.05, 4.69) is 0 Å². The van der Waals surface area contributed by atoms with Gasteiger partial charge in [0.25, 0.3) is 0 Å². The van der Waals surface area contributed by atoms with Gasteiger partial charge in [-0.05, 0) is 25.9 Å². The van der Waals surface area contributed by atoms with Gasteiger partial charge in [0.2, 0.25) is 0 Å². The monoisotopic (exact) mass is 298 g/mol. The number of aliphatic carboxylic acids is 2. The molecule has 0 aromatic carbocycles. The van der Waals surface area contributed by atoms with Crippen molar-refractivity contribution in [2.24, 2.45) is 0 Å². The molecule has 0 radical (unpaired) electrons. The van der Waals surface area contributed by atoms with Crippen molar-refractivity contribution in [2.75, 3.05) is 12.4 Å². The zero-order chi connectivity index (χ0) is 15.8. The second-order valence-corrected chi connectivity index (χ2v) is 3.77. The Bertz CT molecular complexity index is 237. The minimum absolute atomic E-state index is 0.0567. The van der Waals surface area contributed by atoms with Crippen LogP contribution in [0.5, 0.6) is 0 Å². The number of hydrogen-bond acceptors (Lipinski definition) is 7. The number of carbonyl (C=O) groups is 4. The van der Waals surface area contributed by atoms with E-state index in [0.717, 1.165) is 0 Å². The quantitative estimate of drug-likeness (QED) is 0.400. The SMILES string of the molecule is CC(=O)CC(=O)O.CC(=O)CC(=O)O.OCCSO. The Morgan fingerprint density at radius 1 is 0.895 bits per heavy atom. The highest BCUT2D eigenvalue weighted by Gasteiger charge is 1.98. The molecule has 0 rings (SSSR count). The van der Waals surface area contributed by atoms with E-state index in [-0.39, 0.29) is 31.0 Å². The fourth-order valence-corrected chi connectivity index (χ4v) is 0.548. The number of carboxylic acid groups (broad SMARTS) is 2. The Balaban J connectivity index is -0.000000206. The molecule has 0 heterocycles. The summed E-state index contributed by atoms with van der Waals surface area (Å²) in [5, 5.41) is 23.6. The summed E-state index contributed by atoms with van der Waals surface area (Å²) in [4.78, 5) is 38.9. The van der Waals surface area contributed by atoms with Crippen LogP contribution in [-0.4, -0.2) is 55.7 Å². The molecule has 0 bridgehead atoms. The summed E-state index contributed by atoms with van der Waals surface area (Å²) < 4.78 is 7.82. The van der Waals surface area contributed by atoms with E-state index in [4.69, 9.17) is 19.9 Å². The van der Waals surface area contributed by atoms with Gasteiger partial charge in [-0.1, -0.05) is 0 Å². The highest BCUT2D eigenvalue weighted by atomic mass is 32.2.